The second kappa shape index (κ2) is 10.6. The van der Waals surface area contributed by atoms with Crippen LogP contribution >= 0.6 is 0 Å². The van der Waals surface area contributed by atoms with Crippen LogP contribution in [0.5, 0.6) is 11.6 Å². The standard InChI is InChI=1S/C28H32N4O3/c1-6-35-28-24(14-15-25(33)29-17-21-10-12-23(34-5)13-11-21)19(3)26-20(4)31-32(27(26)30-28)22-9-7-8-18(2)16-22/h7-13,16H,6,14-15,17H2,1-5H3,(H,29,33). The van der Waals surface area contributed by atoms with Crippen molar-refractivity contribution in [3.8, 4) is 17.3 Å². The number of fused-ring (bicyclic) bond motifs is 1. The van der Waals surface area contributed by atoms with Gasteiger partial charge in [-0.3, -0.25) is 4.79 Å². The Balaban J connectivity index is 1.57. The number of aromatic nitrogens is 3. The van der Waals surface area contributed by atoms with Crippen molar-refractivity contribution in [3.05, 3.63) is 76.5 Å². The maximum absolute atomic E-state index is 12.6. The van der Waals surface area contributed by atoms with Gasteiger partial charge in [0, 0.05) is 23.9 Å². The Morgan fingerprint density at radius 3 is 2.54 bits per heavy atom. The van der Waals surface area contributed by atoms with Crippen LogP contribution in [-0.4, -0.2) is 34.4 Å². The summed E-state index contributed by atoms with van der Waals surface area (Å²) in [4.78, 5) is 17.5. The predicted octanol–water partition coefficient (Wildman–Crippen LogP) is 5.00. The lowest BCUT2D eigenvalue weighted by molar-refractivity contribution is -0.121. The number of methoxy groups -OCH3 is 1. The number of ether oxygens (including phenoxy) is 2. The third-order valence-electron chi connectivity index (χ3n) is 6.11. The molecule has 1 amide bonds. The molecule has 7 nitrogen and oxygen atoms in total. The number of benzene rings is 2. The highest BCUT2D eigenvalue weighted by molar-refractivity contribution is 5.86. The van der Waals surface area contributed by atoms with E-state index in [9.17, 15) is 4.79 Å². The molecule has 182 valence electrons. The molecule has 0 spiro atoms. The van der Waals surface area contributed by atoms with Crippen LogP contribution in [0.1, 0.15) is 41.3 Å². The number of pyridine rings is 1. The van der Waals surface area contributed by atoms with Gasteiger partial charge in [-0.05, 0) is 75.1 Å². The molecule has 0 bridgehead atoms. The van der Waals surface area contributed by atoms with E-state index in [2.05, 4.69) is 31.3 Å². The number of hydrogen-bond donors (Lipinski definition) is 1. The number of carbonyl (C=O) groups excluding carboxylic acids is 1. The van der Waals surface area contributed by atoms with Crippen molar-refractivity contribution >= 4 is 16.9 Å². The van der Waals surface area contributed by atoms with E-state index >= 15 is 0 Å². The summed E-state index contributed by atoms with van der Waals surface area (Å²) in [6.07, 6.45) is 0.878. The van der Waals surface area contributed by atoms with Crippen LogP contribution in [-0.2, 0) is 17.8 Å². The Bertz CT molecular complexity index is 1340. The number of hydrogen-bond acceptors (Lipinski definition) is 5. The molecule has 0 aliphatic heterocycles. The van der Waals surface area contributed by atoms with Crippen LogP contribution in [0.2, 0.25) is 0 Å². The lowest BCUT2D eigenvalue weighted by atomic mass is 10.0. The first-order valence-corrected chi connectivity index (χ1v) is 11.9. The summed E-state index contributed by atoms with van der Waals surface area (Å²) >= 11 is 0. The van der Waals surface area contributed by atoms with Crippen molar-refractivity contribution in [3.63, 3.8) is 0 Å². The molecule has 2 aromatic carbocycles. The summed E-state index contributed by atoms with van der Waals surface area (Å²) in [6.45, 7) is 9.02. The Morgan fingerprint density at radius 1 is 1.09 bits per heavy atom. The average molecular weight is 473 g/mol. The average Bonchev–Trinajstić information content (AvgIpc) is 3.19. The van der Waals surface area contributed by atoms with Gasteiger partial charge >= 0.3 is 0 Å². The Hall–Kier alpha value is -3.87. The first kappa shape index (κ1) is 24.3. The molecule has 1 N–H and O–H groups in total. The lowest BCUT2D eigenvalue weighted by Crippen LogP contribution is -2.23. The molecule has 2 heterocycles. The van der Waals surface area contributed by atoms with E-state index < -0.39 is 0 Å². The molecule has 0 atom stereocenters. The fourth-order valence-electron chi connectivity index (χ4n) is 4.29. The van der Waals surface area contributed by atoms with E-state index in [1.165, 1.54) is 0 Å². The van der Waals surface area contributed by atoms with Crippen LogP contribution in [0.15, 0.2) is 48.5 Å². The van der Waals surface area contributed by atoms with Gasteiger partial charge in [0.25, 0.3) is 0 Å². The van der Waals surface area contributed by atoms with Gasteiger partial charge in [-0.15, -0.1) is 0 Å². The Labute approximate surface area is 206 Å². The number of aryl methyl sites for hydroxylation is 3. The van der Waals surface area contributed by atoms with Crippen molar-refractivity contribution in [1.29, 1.82) is 0 Å². The minimum Gasteiger partial charge on any atom is -0.497 e. The Morgan fingerprint density at radius 2 is 1.86 bits per heavy atom. The molecule has 0 aliphatic carbocycles. The van der Waals surface area contributed by atoms with Gasteiger partial charge in [-0.2, -0.15) is 10.1 Å². The second-order valence-electron chi connectivity index (χ2n) is 8.61. The number of nitrogens with zero attached hydrogens (tertiary/aromatic N) is 3. The van der Waals surface area contributed by atoms with E-state index in [4.69, 9.17) is 19.6 Å². The molecule has 4 aromatic rings. The van der Waals surface area contributed by atoms with Gasteiger partial charge in [0.2, 0.25) is 11.8 Å². The highest BCUT2D eigenvalue weighted by atomic mass is 16.5. The van der Waals surface area contributed by atoms with Crippen molar-refractivity contribution in [2.45, 2.75) is 47.1 Å². The minimum atomic E-state index is -0.0186. The maximum atomic E-state index is 12.6. The molecule has 0 radical (unpaired) electrons. The number of nitrogens with one attached hydrogen (secondary N) is 1. The number of rotatable bonds is 9. The monoisotopic (exact) mass is 472 g/mol. The molecule has 0 fully saturated rings. The second-order valence-corrected chi connectivity index (χ2v) is 8.61. The van der Waals surface area contributed by atoms with E-state index in [0.29, 0.717) is 31.9 Å². The highest BCUT2D eigenvalue weighted by Gasteiger charge is 2.20. The molecular formula is C28H32N4O3. The minimum absolute atomic E-state index is 0.0186. The van der Waals surface area contributed by atoms with Crippen molar-refractivity contribution < 1.29 is 14.3 Å². The SMILES string of the molecule is CCOc1nc2c(c(C)nn2-c2cccc(C)c2)c(C)c1CCC(=O)NCc1ccc(OC)cc1. The van der Waals surface area contributed by atoms with E-state index in [1.807, 2.05) is 54.9 Å². The van der Waals surface area contributed by atoms with Crippen LogP contribution in [0.25, 0.3) is 16.7 Å². The molecule has 7 heteroatoms. The fourth-order valence-corrected chi connectivity index (χ4v) is 4.29. The largest absolute Gasteiger partial charge is 0.497 e. The Kier molecular flexibility index (Phi) is 7.34. The zero-order chi connectivity index (χ0) is 24.9. The first-order chi connectivity index (χ1) is 16.9. The number of carbonyl (C=O) groups is 1. The normalized spacial score (nSPS) is 11.0. The smallest absolute Gasteiger partial charge is 0.220 e. The third-order valence-corrected chi connectivity index (χ3v) is 6.11. The van der Waals surface area contributed by atoms with E-state index in [1.54, 1.807) is 7.11 Å². The van der Waals surface area contributed by atoms with Crippen LogP contribution in [0, 0.1) is 20.8 Å². The zero-order valence-corrected chi connectivity index (χ0v) is 21.0. The molecule has 4 rings (SSSR count). The predicted molar refractivity (Wildman–Crippen MR) is 137 cm³/mol. The maximum Gasteiger partial charge on any atom is 0.220 e. The van der Waals surface area contributed by atoms with Crippen LogP contribution in [0.3, 0.4) is 0 Å². The van der Waals surface area contributed by atoms with Gasteiger partial charge in [0.1, 0.15) is 5.75 Å². The number of amides is 1. The van der Waals surface area contributed by atoms with Gasteiger partial charge in [-0.1, -0.05) is 24.3 Å². The summed E-state index contributed by atoms with van der Waals surface area (Å²) in [6, 6.07) is 15.9. The fraction of sp³-hybridized carbons (Fsp3) is 0.321. The van der Waals surface area contributed by atoms with E-state index in [0.717, 1.165) is 50.4 Å². The molecule has 0 aliphatic rings. The van der Waals surface area contributed by atoms with Crippen molar-refractivity contribution in [1.82, 2.24) is 20.1 Å². The summed E-state index contributed by atoms with van der Waals surface area (Å²) in [5.41, 5.74) is 6.81. The molecule has 0 saturated carbocycles. The molecule has 2 aromatic heterocycles. The molecular weight excluding hydrogens is 440 g/mol. The van der Waals surface area contributed by atoms with Crippen molar-refractivity contribution in [2.75, 3.05) is 13.7 Å². The summed E-state index contributed by atoms with van der Waals surface area (Å²) in [5, 5.41) is 8.79. The van der Waals surface area contributed by atoms with Gasteiger partial charge < -0.3 is 14.8 Å². The van der Waals surface area contributed by atoms with Crippen LogP contribution < -0.4 is 14.8 Å². The van der Waals surface area contributed by atoms with Crippen molar-refractivity contribution in [2.24, 2.45) is 0 Å². The first-order valence-electron chi connectivity index (χ1n) is 11.9. The summed E-state index contributed by atoms with van der Waals surface area (Å²) in [5.74, 6) is 1.34. The molecule has 35 heavy (non-hydrogen) atoms. The molecule has 0 saturated heterocycles. The van der Waals surface area contributed by atoms with E-state index in [-0.39, 0.29) is 5.91 Å². The lowest BCUT2D eigenvalue weighted by Gasteiger charge is -2.14. The van der Waals surface area contributed by atoms with Gasteiger partial charge in [0.05, 0.1) is 25.1 Å². The summed E-state index contributed by atoms with van der Waals surface area (Å²) in [7, 11) is 1.64. The summed E-state index contributed by atoms with van der Waals surface area (Å²) < 4.78 is 13.0. The van der Waals surface area contributed by atoms with Crippen LogP contribution in [0.4, 0.5) is 0 Å². The molecule has 0 unspecified atom stereocenters. The topological polar surface area (TPSA) is 78.3 Å². The zero-order valence-electron chi connectivity index (χ0n) is 21.0. The quantitative estimate of drug-likeness (QED) is 0.371. The highest BCUT2D eigenvalue weighted by Crippen LogP contribution is 2.32. The third kappa shape index (κ3) is 5.29. The van der Waals surface area contributed by atoms with Gasteiger partial charge in [-0.25, -0.2) is 4.68 Å². The van der Waals surface area contributed by atoms with Gasteiger partial charge in [0.15, 0.2) is 5.65 Å².